The molecule has 2 aromatic carbocycles. The first-order valence-corrected chi connectivity index (χ1v) is 11.4. The molecule has 2 aliphatic rings. The monoisotopic (exact) mass is 491 g/mol. The average molecular weight is 492 g/mol. The molecule has 4 N–H and O–H groups in total. The fourth-order valence-electron chi connectivity index (χ4n) is 4.62. The van der Waals surface area contributed by atoms with Crippen LogP contribution in [0.4, 0.5) is 10.5 Å². The molecule has 1 spiro atoms. The highest BCUT2D eigenvalue weighted by atomic mass is 16.5. The third-order valence-corrected chi connectivity index (χ3v) is 6.42. The average Bonchev–Trinajstić information content (AvgIpc) is 2.87. The summed E-state index contributed by atoms with van der Waals surface area (Å²) in [5.41, 5.74) is 5.70. The van der Waals surface area contributed by atoms with E-state index >= 15 is 0 Å². The van der Waals surface area contributed by atoms with Gasteiger partial charge in [0, 0.05) is 43.1 Å². The van der Waals surface area contributed by atoms with Crippen LogP contribution >= 0.6 is 0 Å². The van der Waals surface area contributed by atoms with E-state index < -0.39 is 11.8 Å². The number of aromatic nitrogens is 1. The molecule has 1 aromatic heterocycles. The minimum Gasteiger partial charge on any atom is -0.496 e. The molecule has 5 rings (SSSR count). The van der Waals surface area contributed by atoms with Crippen molar-refractivity contribution in [3.8, 4) is 17.2 Å². The van der Waals surface area contributed by atoms with Gasteiger partial charge in [0.1, 0.15) is 28.5 Å². The van der Waals surface area contributed by atoms with Crippen molar-refractivity contribution < 1.29 is 28.6 Å². The van der Waals surface area contributed by atoms with E-state index in [1.165, 1.54) is 6.07 Å². The molecule has 0 unspecified atom stereocenters. The van der Waals surface area contributed by atoms with Crippen molar-refractivity contribution in [1.29, 1.82) is 0 Å². The first-order chi connectivity index (χ1) is 17.3. The van der Waals surface area contributed by atoms with E-state index in [9.17, 15) is 14.4 Å². The van der Waals surface area contributed by atoms with Crippen LogP contribution in [0.25, 0.3) is 10.9 Å². The van der Waals surface area contributed by atoms with E-state index in [0.717, 1.165) is 5.39 Å². The number of urea groups is 1. The summed E-state index contributed by atoms with van der Waals surface area (Å²) in [4.78, 5) is 43.6. The van der Waals surface area contributed by atoms with E-state index in [1.807, 2.05) is 12.1 Å². The highest BCUT2D eigenvalue weighted by Gasteiger charge is 2.43. The van der Waals surface area contributed by atoms with Crippen molar-refractivity contribution in [2.75, 3.05) is 32.6 Å². The van der Waals surface area contributed by atoms with Gasteiger partial charge in [-0.1, -0.05) is 6.07 Å². The van der Waals surface area contributed by atoms with Gasteiger partial charge in [0.25, 0.3) is 11.8 Å². The molecule has 11 nitrogen and oxygen atoms in total. The fraction of sp³-hybridized carbons (Fsp3) is 0.280. The Morgan fingerprint density at radius 2 is 1.86 bits per heavy atom. The zero-order valence-corrected chi connectivity index (χ0v) is 19.8. The number of hydrogen-bond acceptors (Lipinski definition) is 7. The van der Waals surface area contributed by atoms with Gasteiger partial charge in [-0.05, 0) is 30.3 Å². The van der Waals surface area contributed by atoms with Crippen molar-refractivity contribution in [2.24, 2.45) is 5.73 Å². The largest absolute Gasteiger partial charge is 0.496 e. The molecule has 3 aromatic rings. The molecule has 0 aliphatic carbocycles. The van der Waals surface area contributed by atoms with Crippen LogP contribution in [0.1, 0.15) is 33.7 Å². The van der Waals surface area contributed by atoms with Crippen LogP contribution in [-0.2, 0) is 0 Å². The van der Waals surface area contributed by atoms with Gasteiger partial charge in [0.05, 0.1) is 19.8 Å². The van der Waals surface area contributed by atoms with Crippen LogP contribution < -0.4 is 30.6 Å². The number of primary amides is 1. The van der Waals surface area contributed by atoms with Crippen molar-refractivity contribution in [1.82, 2.24) is 15.2 Å². The van der Waals surface area contributed by atoms with E-state index in [-0.39, 0.29) is 17.5 Å². The molecule has 2 aliphatic heterocycles. The second-order valence-corrected chi connectivity index (χ2v) is 8.61. The molecular weight excluding hydrogens is 466 g/mol. The highest BCUT2D eigenvalue weighted by Crippen LogP contribution is 2.36. The molecule has 36 heavy (non-hydrogen) atoms. The Labute approximate surface area is 206 Å². The van der Waals surface area contributed by atoms with Crippen molar-refractivity contribution in [2.45, 2.75) is 18.6 Å². The van der Waals surface area contributed by atoms with E-state index in [2.05, 4.69) is 15.6 Å². The van der Waals surface area contributed by atoms with E-state index in [0.29, 0.717) is 59.9 Å². The lowest BCUT2D eigenvalue weighted by Crippen LogP contribution is -2.61. The third-order valence-electron chi connectivity index (χ3n) is 6.42. The highest BCUT2D eigenvalue weighted by molar-refractivity contribution is 6.01. The van der Waals surface area contributed by atoms with Crippen molar-refractivity contribution in [3.63, 3.8) is 0 Å². The predicted molar refractivity (Wildman–Crippen MR) is 130 cm³/mol. The maximum absolute atomic E-state index is 13.4. The van der Waals surface area contributed by atoms with Crippen LogP contribution in [0.2, 0.25) is 0 Å². The number of pyridine rings is 1. The number of para-hydroxylation sites is 1. The standard InChI is InChI=1S/C25H25N5O6/c1-34-19-5-3-4-15-20(35-2)13-17(28-21(15)19)23(32)30-10-8-25(9-11-30)29-22(31)16-12-14(27-24(26)33)6-7-18(16)36-25/h3-7,12-13H,8-11H2,1-2H3,(H,29,31)(H3,26,27,33). The second kappa shape index (κ2) is 8.91. The summed E-state index contributed by atoms with van der Waals surface area (Å²) in [5.74, 6) is 0.907. The molecule has 0 bridgehead atoms. The number of methoxy groups -OCH3 is 2. The molecule has 1 saturated heterocycles. The number of ether oxygens (including phenoxy) is 3. The van der Waals surface area contributed by atoms with Crippen LogP contribution in [0, 0.1) is 0 Å². The summed E-state index contributed by atoms with van der Waals surface area (Å²) >= 11 is 0. The number of piperidine rings is 1. The first kappa shape index (κ1) is 23.2. The number of nitrogens with one attached hydrogen (secondary N) is 2. The number of rotatable bonds is 4. The lowest BCUT2D eigenvalue weighted by molar-refractivity contribution is -0.0246. The van der Waals surface area contributed by atoms with Gasteiger partial charge in [-0.3, -0.25) is 9.59 Å². The number of amides is 4. The Bertz CT molecular complexity index is 1380. The number of fused-ring (bicyclic) bond motifs is 2. The number of carbonyl (C=O) groups is 3. The van der Waals surface area contributed by atoms with Crippen molar-refractivity contribution >= 4 is 34.4 Å². The maximum Gasteiger partial charge on any atom is 0.316 e. The minimum absolute atomic E-state index is 0.244. The normalized spacial score (nSPS) is 16.1. The molecule has 4 amide bonds. The molecule has 0 saturated carbocycles. The number of hydrogen-bond donors (Lipinski definition) is 3. The Morgan fingerprint density at radius 1 is 1.11 bits per heavy atom. The van der Waals surface area contributed by atoms with Crippen molar-refractivity contribution in [3.05, 3.63) is 53.7 Å². The Balaban J connectivity index is 1.34. The summed E-state index contributed by atoms with van der Waals surface area (Å²) in [6.07, 6.45) is 0.776. The molecule has 0 atom stereocenters. The van der Waals surface area contributed by atoms with E-state index in [4.69, 9.17) is 19.9 Å². The Kier molecular flexibility index (Phi) is 5.75. The molecule has 0 radical (unpaired) electrons. The lowest BCUT2D eigenvalue weighted by atomic mass is 9.96. The van der Waals surface area contributed by atoms with E-state index in [1.54, 1.807) is 43.4 Å². The van der Waals surface area contributed by atoms with Gasteiger partial charge < -0.3 is 35.5 Å². The Hall–Kier alpha value is -4.54. The summed E-state index contributed by atoms with van der Waals surface area (Å²) in [6, 6.07) is 11.1. The van der Waals surface area contributed by atoms with Gasteiger partial charge in [-0.15, -0.1) is 0 Å². The third kappa shape index (κ3) is 4.08. The van der Waals surface area contributed by atoms with Crippen LogP contribution in [0.3, 0.4) is 0 Å². The zero-order chi connectivity index (χ0) is 25.4. The summed E-state index contributed by atoms with van der Waals surface area (Å²) < 4.78 is 17.1. The SMILES string of the molecule is COc1cc(C(=O)N2CCC3(CC2)NC(=O)c2cc(NC(N)=O)ccc2O3)nc2c(OC)cccc12. The number of likely N-dealkylation sites (tertiary alicyclic amines) is 1. The molecule has 186 valence electrons. The van der Waals surface area contributed by atoms with Gasteiger partial charge in [-0.25, -0.2) is 9.78 Å². The minimum atomic E-state index is -0.933. The quantitative estimate of drug-likeness (QED) is 0.508. The van der Waals surface area contributed by atoms with Crippen LogP contribution in [0.15, 0.2) is 42.5 Å². The predicted octanol–water partition coefficient (Wildman–Crippen LogP) is 2.50. The smallest absolute Gasteiger partial charge is 0.316 e. The van der Waals surface area contributed by atoms with Gasteiger partial charge >= 0.3 is 6.03 Å². The Morgan fingerprint density at radius 3 is 2.56 bits per heavy atom. The summed E-state index contributed by atoms with van der Waals surface area (Å²) in [5, 5.41) is 6.12. The van der Waals surface area contributed by atoms with Crippen LogP contribution in [-0.4, -0.2) is 60.8 Å². The fourth-order valence-corrected chi connectivity index (χ4v) is 4.62. The number of anilines is 1. The van der Waals surface area contributed by atoms with Gasteiger partial charge in [-0.2, -0.15) is 0 Å². The number of nitrogens with two attached hydrogens (primary N) is 1. The molecule has 3 heterocycles. The molecular formula is C25H25N5O6. The first-order valence-electron chi connectivity index (χ1n) is 11.4. The summed E-state index contributed by atoms with van der Waals surface area (Å²) in [6.45, 7) is 0.702. The maximum atomic E-state index is 13.4. The summed E-state index contributed by atoms with van der Waals surface area (Å²) in [7, 11) is 3.09. The second-order valence-electron chi connectivity index (χ2n) is 8.61. The topological polar surface area (TPSA) is 145 Å². The molecule has 1 fully saturated rings. The number of carbonyl (C=O) groups excluding carboxylic acids is 3. The van der Waals surface area contributed by atoms with Gasteiger partial charge in [0.2, 0.25) is 0 Å². The number of benzene rings is 2. The zero-order valence-electron chi connectivity index (χ0n) is 19.8. The number of nitrogens with zero attached hydrogens (tertiary/aromatic N) is 2. The van der Waals surface area contributed by atoms with Crippen LogP contribution in [0.5, 0.6) is 17.2 Å². The van der Waals surface area contributed by atoms with Gasteiger partial charge in [0.15, 0.2) is 5.72 Å². The lowest BCUT2D eigenvalue weighted by Gasteiger charge is -2.44. The molecule has 11 heteroatoms.